The first-order valence-electron chi connectivity index (χ1n) is 9.49. The molecule has 0 aliphatic rings. The van der Waals surface area contributed by atoms with Crippen LogP contribution in [0.4, 0.5) is 0 Å². The number of benzene rings is 1. The largest absolute Gasteiger partial charge is 0.457 e. The number of hydrogen-bond donors (Lipinski definition) is 1. The Balaban J connectivity index is 1.54. The molecule has 0 fully saturated rings. The standard InChI is InChI=1S/C23H15N3O7/c27-21(16-4-1-9-24-13-16)26-25-14-15-7-8-17(32-22(28)18-5-2-10-30-18)12-20(15)33-23(29)19-6-3-11-31-19/h1-14H,(H,26,27)/b25-14+. The average molecular weight is 445 g/mol. The second-order valence-electron chi connectivity index (χ2n) is 6.37. The minimum Gasteiger partial charge on any atom is -0.457 e. The van der Waals surface area contributed by atoms with Gasteiger partial charge in [0.2, 0.25) is 11.5 Å². The lowest BCUT2D eigenvalue weighted by Crippen LogP contribution is -2.17. The van der Waals surface area contributed by atoms with Crippen LogP contribution in [0.5, 0.6) is 11.5 Å². The summed E-state index contributed by atoms with van der Waals surface area (Å²) >= 11 is 0. The number of hydrogen-bond acceptors (Lipinski definition) is 9. The Morgan fingerprint density at radius 3 is 2.27 bits per heavy atom. The van der Waals surface area contributed by atoms with E-state index < -0.39 is 17.8 Å². The molecule has 164 valence electrons. The van der Waals surface area contributed by atoms with E-state index in [1.807, 2.05) is 0 Å². The monoisotopic (exact) mass is 445 g/mol. The van der Waals surface area contributed by atoms with Gasteiger partial charge in [-0.15, -0.1) is 0 Å². The smallest absolute Gasteiger partial charge is 0.379 e. The lowest BCUT2D eigenvalue weighted by molar-refractivity contribution is 0.0697. The number of hydrazone groups is 1. The van der Waals surface area contributed by atoms with E-state index in [0.29, 0.717) is 11.1 Å². The van der Waals surface area contributed by atoms with Gasteiger partial charge in [-0.3, -0.25) is 9.78 Å². The Morgan fingerprint density at radius 2 is 1.64 bits per heavy atom. The molecule has 4 rings (SSSR count). The number of nitrogens with one attached hydrogen (secondary N) is 1. The molecule has 3 heterocycles. The first kappa shape index (κ1) is 21.2. The second kappa shape index (κ2) is 9.88. The van der Waals surface area contributed by atoms with Crippen molar-refractivity contribution in [2.24, 2.45) is 5.10 Å². The summed E-state index contributed by atoms with van der Waals surface area (Å²) in [6.45, 7) is 0. The van der Waals surface area contributed by atoms with Crippen LogP contribution in [0.25, 0.3) is 0 Å². The maximum atomic E-state index is 12.4. The quantitative estimate of drug-likeness (QED) is 0.198. The fourth-order valence-electron chi connectivity index (χ4n) is 2.59. The summed E-state index contributed by atoms with van der Waals surface area (Å²) in [4.78, 5) is 40.5. The first-order valence-corrected chi connectivity index (χ1v) is 9.49. The molecule has 10 nitrogen and oxygen atoms in total. The fourth-order valence-corrected chi connectivity index (χ4v) is 2.59. The minimum atomic E-state index is -0.774. The Kier molecular flexibility index (Phi) is 6.36. The normalized spacial score (nSPS) is 10.7. The number of esters is 2. The molecule has 0 aliphatic carbocycles. The van der Waals surface area contributed by atoms with Crippen LogP contribution in [0.3, 0.4) is 0 Å². The molecular formula is C23H15N3O7. The van der Waals surface area contributed by atoms with Crippen LogP contribution >= 0.6 is 0 Å². The highest BCUT2D eigenvalue weighted by Gasteiger charge is 2.17. The molecule has 1 N–H and O–H groups in total. The summed E-state index contributed by atoms with van der Waals surface area (Å²) in [7, 11) is 0. The van der Waals surface area contributed by atoms with Gasteiger partial charge in [-0.25, -0.2) is 15.0 Å². The van der Waals surface area contributed by atoms with Gasteiger partial charge < -0.3 is 18.3 Å². The third-order valence-electron chi connectivity index (χ3n) is 4.14. The van der Waals surface area contributed by atoms with Crippen LogP contribution in [0.2, 0.25) is 0 Å². The third kappa shape index (κ3) is 5.39. The molecule has 0 bridgehead atoms. The van der Waals surface area contributed by atoms with E-state index in [0.717, 1.165) is 0 Å². The van der Waals surface area contributed by atoms with E-state index in [1.54, 1.807) is 24.4 Å². The number of carbonyl (C=O) groups excluding carboxylic acids is 3. The van der Waals surface area contributed by atoms with Gasteiger partial charge in [-0.1, -0.05) is 0 Å². The molecule has 0 saturated carbocycles. The number of nitrogens with zero attached hydrogens (tertiary/aromatic N) is 2. The van der Waals surface area contributed by atoms with Crippen molar-refractivity contribution in [2.75, 3.05) is 0 Å². The maximum absolute atomic E-state index is 12.4. The third-order valence-corrected chi connectivity index (χ3v) is 4.14. The lowest BCUT2D eigenvalue weighted by Gasteiger charge is -2.09. The van der Waals surface area contributed by atoms with Gasteiger partial charge in [0.05, 0.1) is 24.3 Å². The molecule has 0 atom stereocenters. The highest BCUT2D eigenvalue weighted by molar-refractivity contribution is 5.95. The number of ether oxygens (including phenoxy) is 2. The molecule has 0 spiro atoms. The van der Waals surface area contributed by atoms with E-state index in [1.165, 1.54) is 61.3 Å². The van der Waals surface area contributed by atoms with Gasteiger partial charge in [0, 0.05) is 24.0 Å². The molecule has 0 saturated heterocycles. The maximum Gasteiger partial charge on any atom is 0.379 e. The van der Waals surface area contributed by atoms with Crippen molar-refractivity contribution in [3.05, 3.63) is 102 Å². The van der Waals surface area contributed by atoms with E-state index in [-0.39, 0.29) is 23.0 Å². The summed E-state index contributed by atoms with van der Waals surface area (Å²) in [5.41, 5.74) is 2.99. The van der Waals surface area contributed by atoms with Crippen LogP contribution in [-0.2, 0) is 0 Å². The molecule has 33 heavy (non-hydrogen) atoms. The molecule has 3 aromatic heterocycles. The summed E-state index contributed by atoms with van der Waals surface area (Å²) in [5.74, 6) is -1.89. The van der Waals surface area contributed by atoms with Gasteiger partial charge in [0.1, 0.15) is 11.5 Å². The molecule has 4 aromatic rings. The van der Waals surface area contributed by atoms with Crippen LogP contribution < -0.4 is 14.9 Å². The molecular weight excluding hydrogens is 430 g/mol. The van der Waals surface area contributed by atoms with E-state index in [9.17, 15) is 14.4 Å². The Hall–Kier alpha value is -4.99. The van der Waals surface area contributed by atoms with Crippen molar-refractivity contribution in [1.82, 2.24) is 10.4 Å². The van der Waals surface area contributed by atoms with Crippen molar-refractivity contribution >= 4 is 24.1 Å². The van der Waals surface area contributed by atoms with E-state index >= 15 is 0 Å². The zero-order chi connectivity index (χ0) is 23.0. The first-order chi connectivity index (χ1) is 16.1. The average Bonchev–Trinajstić information content (AvgIpc) is 3.55. The van der Waals surface area contributed by atoms with Gasteiger partial charge in [-0.05, 0) is 48.5 Å². The summed E-state index contributed by atoms with van der Waals surface area (Å²) in [6.07, 6.45) is 6.88. The van der Waals surface area contributed by atoms with Crippen molar-refractivity contribution in [2.45, 2.75) is 0 Å². The summed E-state index contributed by atoms with van der Waals surface area (Å²) < 4.78 is 20.7. The van der Waals surface area contributed by atoms with Crippen molar-refractivity contribution in [3.8, 4) is 11.5 Å². The second-order valence-corrected chi connectivity index (χ2v) is 6.37. The Bertz CT molecular complexity index is 1280. The van der Waals surface area contributed by atoms with E-state index in [2.05, 4.69) is 15.5 Å². The van der Waals surface area contributed by atoms with Crippen LogP contribution in [0, 0.1) is 0 Å². The molecule has 0 unspecified atom stereocenters. The number of rotatable bonds is 7. The Labute approximate surface area is 186 Å². The number of aromatic nitrogens is 1. The Morgan fingerprint density at radius 1 is 0.909 bits per heavy atom. The van der Waals surface area contributed by atoms with Gasteiger partial charge in [0.15, 0.2) is 0 Å². The van der Waals surface area contributed by atoms with Crippen molar-refractivity contribution in [1.29, 1.82) is 0 Å². The predicted molar refractivity (Wildman–Crippen MR) is 113 cm³/mol. The number of carbonyl (C=O) groups is 3. The van der Waals surface area contributed by atoms with Crippen LogP contribution in [0.1, 0.15) is 37.0 Å². The molecule has 10 heteroatoms. The topological polar surface area (TPSA) is 133 Å². The number of amides is 1. The van der Waals surface area contributed by atoms with E-state index in [4.69, 9.17) is 18.3 Å². The fraction of sp³-hybridized carbons (Fsp3) is 0. The summed E-state index contributed by atoms with van der Waals surface area (Å²) in [6, 6.07) is 13.5. The van der Waals surface area contributed by atoms with Gasteiger partial charge in [-0.2, -0.15) is 5.10 Å². The number of furan rings is 2. The lowest BCUT2D eigenvalue weighted by atomic mass is 10.2. The SMILES string of the molecule is O=C(N/N=C/c1ccc(OC(=O)c2ccco2)cc1OC(=O)c1ccco1)c1cccnc1. The minimum absolute atomic E-state index is 0.00730. The van der Waals surface area contributed by atoms with Gasteiger partial charge >= 0.3 is 11.9 Å². The zero-order valence-corrected chi connectivity index (χ0v) is 16.8. The highest BCUT2D eigenvalue weighted by atomic mass is 16.6. The predicted octanol–water partition coefficient (Wildman–Crippen LogP) is 3.47. The highest BCUT2D eigenvalue weighted by Crippen LogP contribution is 2.26. The molecule has 0 radical (unpaired) electrons. The van der Waals surface area contributed by atoms with Crippen LogP contribution in [0.15, 0.2) is 93.5 Å². The molecule has 0 aliphatic heterocycles. The van der Waals surface area contributed by atoms with Crippen LogP contribution in [-0.4, -0.2) is 29.0 Å². The van der Waals surface area contributed by atoms with Crippen molar-refractivity contribution in [3.63, 3.8) is 0 Å². The molecule has 1 amide bonds. The molecule has 1 aromatic carbocycles. The zero-order valence-electron chi connectivity index (χ0n) is 16.8. The van der Waals surface area contributed by atoms with Crippen molar-refractivity contribution < 1.29 is 32.7 Å². The van der Waals surface area contributed by atoms with Gasteiger partial charge in [0.25, 0.3) is 5.91 Å². The summed E-state index contributed by atoms with van der Waals surface area (Å²) in [5, 5.41) is 3.89. The number of pyridine rings is 1.